The number of ether oxygens (including phenoxy) is 1. The lowest BCUT2D eigenvalue weighted by atomic mass is 10.00. The van der Waals surface area contributed by atoms with Crippen LogP contribution < -0.4 is 5.73 Å². The lowest BCUT2D eigenvalue weighted by Crippen LogP contribution is -2.47. The molecule has 0 saturated carbocycles. The fraction of sp³-hybridized carbons (Fsp3) is 0.615. The van der Waals surface area contributed by atoms with E-state index < -0.39 is 0 Å². The summed E-state index contributed by atoms with van der Waals surface area (Å²) >= 11 is 0. The lowest BCUT2D eigenvalue weighted by Gasteiger charge is -2.39. The van der Waals surface area contributed by atoms with Gasteiger partial charge >= 0.3 is 0 Å². The molecule has 2 heterocycles. The van der Waals surface area contributed by atoms with Crippen LogP contribution in [0.1, 0.15) is 25.5 Å². The Bertz CT molecular complexity index is 342. The highest BCUT2D eigenvalue weighted by Crippen LogP contribution is 2.24. The number of nitrogens with two attached hydrogens (primary N) is 1. The van der Waals surface area contributed by atoms with Crippen molar-refractivity contribution < 1.29 is 4.74 Å². The Morgan fingerprint density at radius 1 is 1.59 bits per heavy atom. The van der Waals surface area contributed by atoms with Gasteiger partial charge in [-0.2, -0.15) is 0 Å². The molecule has 17 heavy (non-hydrogen) atoms. The van der Waals surface area contributed by atoms with Crippen molar-refractivity contribution >= 4 is 0 Å². The van der Waals surface area contributed by atoms with E-state index in [1.54, 1.807) is 6.20 Å². The third kappa shape index (κ3) is 3.03. The summed E-state index contributed by atoms with van der Waals surface area (Å²) in [5.74, 6) is 0. The molecule has 1 aromatic heterocycles. The van der Waals surface area contributed by atoms with E-state index in [0.29, 0.717) is 0 Å². The standard InChI is InChI=1S/C13H21N3O/c1-10-9-16(6-7-17-10)13(11(2)14)12-4-3-5-15-8-12/h3-5,8,10-11,13H,6-7,9,14H2,1-2H3. The van der Waals surface area contributed by atoms with E-state index in [9.17, 15) is 0 Å². The van der Waals surface area contributed by atoms with Crippen molar-refractivity contribution in [3.63, 3.8) is 0 Å². The quantitative estimate of drug-likeness (QED) is 0.855. The fourth-order valence-corrected chi connectivity index (χ4v) is 2.50. The molecule has 0 spiro atoms. The minimum atomic E-state index is 0.0875. The molecule has 1 aliphatic heterocycles. The zero-order valence-electron chi connectivity index (χ0n) is 10.5. The van der Waals surface area contributed by atoms with Gasteiger partial charge in [-0.15, -0.1) is 0 Å². The second kappa shape index (κ2) is 5.58. The Balaban J connectivity index is 2.17. The molecule has 0 bridgehead atoms. The Kier molecular flexibility index (Phi) is 4.10. The largest absolute Gasteiger partial charge is 0.376 e. The summed E-state index contributed by atoms with van der Waals surface area (Å²) in [5.41, 5.74) is 7.33. The molecular weight excluding hydrogens is 214 g/mol. The maximum absolute atomic E-state index is 6.13. The first-order valence-electron chi connectivity index (χ1n) is 6.19. The van der Waals surface area contributed by atoms with Crippen molar-refractivity contribution in [1.29, 1.82) is 0 Å². The smallest absolute Gasteiger partial charge is 0.0674 e. The van der Waals surface area contributed by atoms with Crippen molar-refractivity contribution in [2.75, 3.05) is 19.7 Å². The van der Waals surface area contributed by atoms with Gasteiger partial charge in [-0.05, 0) is 25.5 Å². The van der Waals surface area contributed by atoms with Crippen molar-refractivity contribution in [3.05, 3.63) is 30.1 Å². The highest BCUT2D eigenvalue weighted by atomic mass is 16.5. The van der Waals surface area contributed by atoms with Crippen LogP contribution in [-0.2, 0) is 4.74 Å². The van der Waals surface area contributed by atoms with Crippen LogP contribution in [0.25, 0.3) is 0 Å². The van der Waals surface area contributed by atoms with Gasteiger partial charge in [0.25, 0.3) is 0 Å². The highest BCUT2D eigenvalue weighted by Gasteiger charge is 2.28. The first-order valence-corrected chi connectivity index (χ1v) is 6.19. The molecule has 1 fully saturated rings. The minimum absolute atomic E-state index is 0.0875. The van der Waals surface area contributed by atoms with Gasteiger partial charge in [0.1, 0.15) is 0 Å². The number of hydrogen-bond donors (Lipinski definition) is 1. The van der Waals surface area contributed by atoms with Crippen LogP contribution >= 0.6 is 0 Å². The molecule has 2 N–H and O–H groups in total. The van der Waals surface area contributed by atoms with Gasteiger partial charge in [0.15, 0.2) is 0 Å². The Morgan fingerprint density at radius 2 is 2.41 bits per heavy atom. The minimum Gasteiger partial charge on any atom is -0.376 e. The average Bonchev–Trinajstić information content (AvgIpc) is 2.30. The van der Waals surface area contributed by atoms with Gasteiger partial charge in [0.2, 0.25) is 0 Å². The summed E-state index contributed by atoms with van der Waals surface area (Å²) in [4.78, 5) is 6.59. The maximum atomic E-state index is 6.13. The molecule has 4 heteroatoms. The second-order valence-corrected chi connectivity index (χ2v) is 4.77. The van der Waals surface area contributed by atoms with Gasteiger partial charge in [-0.3, -0.25) is 9.88 Å². The first kappa shape index (κ1) is 12.5. The molecule has 0 aliphatic carbocycles. The summed E-state index contributed by atoms with van der Waals surface area (Å²) in [5, 5.41) is 0. The molecule has 0 amide bonds. The number of pyridine rings is 1. The maximum Gasteiger partial charge on any atom is 0.0674 e. The van der Waals surface area contributed by atoms with Crippen LogP contribution in [0, 0.1) is 0 Å². The molecule has 94 valence electrons. The topological polar surface area (TPSA) is 51.4 Å². The summed E-state index contributed by atoms with van der Waals surface area (Å²) < 4.78 is 5.58. The molecule has 3 atom stereocenters. The predicted octanol–water partition coefficient (Wildman–Crippen LogP) is 1.19. The van der Waals surface area contributed by atoms with E-state index in [1.807, 2.05) is 12.3 Å². The van der Waals surface area contributed by atoms with Crippen LogP contribution in [-0.4, -0.2) is 41.7 Å². The summed E-state index contributed by atoms with van der Waals surface area (Å²) in [6.45, 7) is 6.81. The third-order valence-corrected chi connectivity index (χ3v) is 3.19. The first-order chi connectivity index (χ1) is 8.18. The van der Waals surface area contributed by atoms with Crippen LogP contribution in [0.15, 0.2) is 24.5 Å². The van der Waals surface area contributed by atoms with E-state index in [2.05, 4.69) is 29.8 Å². The summed E-state index contributed by atoms with van der Waals surface area (Å²) in [7, 11) is 0. The van der Waals surface area contributed by atoms with E-state index in [1.165, 1.54) is 5.56 Å². The molecular formula is C13H21N3O. The van der Waals surface area contributed by atoms with Crippen LogP contribution in [0.3, 0.4) is 0 Å². The van der Waals surface area contributed by atoms with Gasteiger partial charge in [0, 0.05) is 31.5 Å². The van der Waals surface area contributed by atoms with Gasteiger partial charge < -0.3 is 10.5 Å². The van der Waals surface area contributed by atoms with Gasteiger partial charge in [0.05, 0.1) is 18.8 Å². The monoisotopic (exact) mass is 235 g/mol. The molecule has 1 aliphatic rings. The molecule has 4 nitrogen and oxygen atoms in total. The Morgan fingerprint density at radius 3 is 3.00 bits per heavy atom. The molecule has 0 radical (unpaired) electrons. The zero-order chi connectivity index (χ0) is 12.3. The van der Waals surface area contributed by atoms with Gasteiger partial charge in [-0.1, -0.05) is 6.07 Å². The second-order valence-electron chi connectivity index (χ2n) is 4.77. The Hall–Kier alpha value is -0.970. The molecule has 2 rings (SSSR count). The Labute approximate surface area is 103 Å². The number of morpholine rings is 1. The number of nitrogens with zero attached hydrogens (tertiary/aromatic N) is 2. The van der Waals surface area contributed by atoms with Crippen molar-refractivity contribution in [3.8, 4) is 0 Å². The molecule has 3 unspecified atom stereocenters. The third-order valence-electron chi connectivity index (χ3n) is 3.19. The van der Waals surface area contributed by atoms with E-state index >= 15 is 0 Å². The summed E-state index contributed by atoms with van der Waals surface area (Å²) in [6, 6.07) is 4.38. The van der Waals surface area contributed by atoms with E-state index in [4.69, 9.17) is 10.5 Å². The lowest BCUT2D eigenvalue weighted by molar-refractivity contribution is -0.0376. The van der Waals surface area contributed by atoms with E-state index in [-0.39, 0.29) is 18.2 Å². The molecule has 1 aromatic rings. The summed E-state index contributed by atoms with van der Waals surface area (Å²) in [6.07, 6.45) is 3.99. The van der Waals surface area contributed by atoms with Crippen molar-refractivity contribution in [1.82, 2.24) is 9.88 Å². The van der Waals surface area contributed by atoms with E-state index in [0.717, 1.165) is 19.7 Å². The van der Waals surface area contributed by atoms with Gasteiger partial charge in [-0.25, -0.2) is 0 Å². The number of hydrogen-bond acceptors (Lipinski definition) is 4. The van der Waals surface area contributed by atoms with Crippen LogP contribution in [0.2, 0.25) is 0 Å². The van der Waals surface area contributed by atoms with Crippen molar-refractivity contribution in [2.45, 2.75) is 32.0 Å². The number of aromatic nitrogens is 1. The normalized spacial score (nSPS) is 25.5. The zero-order valence-corrected chi connectivity index (χ0v) is 10.5. The van der Waals surface area contributed by atoms with Crippen LogP contribution in [0.5, 0.6) is 0 Å². The molecule has 1 saturated heterocycles. The highest BCUT2D eigenvalue weighted by molar-refractivity contribution is 5.16. The van der Waals surface area contributed by atoms with Crippen molar-refractivity contribution in [2.24, 2.45) is 5.73 Å². The average molecular weight is 235 g/mol. The number of rotatable bonds is 3. The fourth-order valence-electron chi connectivity index (χ4n) is 2.50. The van der Waals surface area contributed by atoms with Crippen LogP contribution in [0.4, 0.5) is 0 Å². The predicted molar refractivity (Wildman–Crippen MR) is 67.6 cm³/mol. The molecule has 0 aromatic carbocycles. The SMILES string of the molecule is CC1CN(C(c2cccnc2)C(C)N)CCO1.